The van der Waals surface area contributed by atoms with Crippen molar-refractivity contribution in [3.8, 4) is 17.2 Å². The molecule has 0 fully saturated rings. The third-order valence-electron chi connectivity index (χ3n) is 4.99. The highest BCUT2D eigenvalue weighted by Crippen LogP contribution is 2.33. The number of para-hydroxylation sites is 2. The molecule has 1 heterocycles. The number of fused-ring (bicyclic) bond motifs is 2. The zero-order chi connectivity index (χ0) is 18.9. The van der Waals surface area contributed by atoms with Gasteiger partial charge in [0, 0.05) is 0 Å². The molecular formula is C20H23NO5S. The Morgan fingerprint density at radius 1 is 1.11 bits per heavy atom. The number of methoxy groups -OCH3 is 1. The van der Waals surface area contributed by atoms with Gasteiger partial charge in [0.15, 0.2) is 11.5 Å². The van der Waals surface area contributed by atoms with Crippen LogP contribution in [0, 0.1) is 0 Å². The number of hydrogen-bond donors (Lipinski definition) is 1. The van der Waals surface area contributed by atoms with Crippen LogP contribution in [0.2, 0.25) is 0 Å². The van der Waals surface area contributed by atoms with Crippen molar-refractivity contribution in [3.05, 3.63) is 47.5 Å². The molecular weight excluding hydrogens is 366 g/mol. The molecule has 0 saturated carbocycles. The Bertz CT molecular complexity index is 941. The Balaban J connectivity index is 1.51. The van der Waals surface area contributed by atoms with Crippen LogP contribution in [0.4, 0.5) is 0 Å². The molecule has 7 heteroatoms. The molecule has 0 aromatic heterocycles. The van der Waals surface area contributed by atoms with Gasteiger partial charge in [-0.15, -0.1) is 0 Å². The number of nitrogens with one attached hydrogen (secondary N) is 1. The second-order valence-corrected chi connectivity index (χ2v) is 8.56. The molecule has 1 aliphatic heterocycles. The number of ether oxygens (including phenoxy) is 3. The number of benzene rings is 2. The molecule has 1 aliphatic carbocycles. The van der Waals surface area contributed by atoms with E-state index in [4.69, 9.17) is 14.2 Å². The van der Waals surface area contributed by atoms with Crippen LogP contribution >= 0.6 is 0 Å². The molecule has 2 aliphatic rings. The fraction of sp³-hybridized carbons (Fsp3) is 0.400. The van der Waals surface area contributed by atoms with Gasteiger partial charge < -0.3 is 14.2 Å². The van der Waals surface area contributed by atoms with Crippen molar-refractivity contribution in [2.24, 2.45) is 0 Å². The monoisotopic (exact) mass is 389 g/mol. The van der Waals surface area contributed by atoms with Gasteiger partial charge in [0.05, 0.1) is 13.7 Å². The summed E-state index contributed by atoms with van der Waals surface area (Å²) >= 11 is 0. The quantitative estimate of drug-likeness (QED) is 0.851. The molecule has 0 radical (unpaired) electrons. The minimum Gasteiger partial charge on any atom is -0.495 e. The summed E-state index contributed by atoms with van der Waals surface area (Å²) in [5, 5.41) is 0. The van der Waals surface area contributed by atoms with E-state index in [1.54, 1.807) is 6.07 Å². The van der Waals surface area contributed by atoms with Crippen LogP contribution in [0.3, 0.4) is 0 Å². The fourth-order valence-electron chi connectivity index (χ4n) is 3.55. The minimum absolute atomic E-state index is 0.122. The zero-order valence-electron chi connectivity index (χ0n) is 15.2. The Kier molecular flexibility index (Phi) is 4.97. The molecule has 6 nitrogen and oxygen atoms in total. The lowest BCUT2D eigenvalue weighted by atomic mass is 9.92. The van der Waals surface area contributed by atoms with Gasteiger partial charge >= 0.3 is 0 Å². The van der Waals surface area contributed by atoms with E-state index >= 15 is 0 Å². The molecule has 2 aromatic rings. The highest BCUT2D eigenvalue weighted by Gasteiger charge is 2.26. The molecule has 1 unspecified atom stereocenters. The van der Waals surface area contributed by atoms with Crippen molar-refractivity contribution in [1.82, 2.24) is 4.72 Å². The van der Waals surface area contributed by atoms with Crippen LogP contribution < -0.4 is 18.9 Å². The average molecular weight is 389 g/mol. The summed E-state index contributed by atoms with van der Waals surface area (Å²) < 4.78 is 45.3. The third kappa shape index (κ3) is 3.75. The van der Waals surface area contributed by atoms with Crippen molar-refractivity contribution >= 4 is 10.0 Å². The average Bonchev–Trinajstić information content (AvgIpc) is 2.71. The summed E-state index contributed by atoms with van der Waals surface area (Å²) in [6.45, 7) is 0.414. The van der Waals surface area contributed by atoms with E-state index in [1.165, 1.54) is 12.7 Å². The van der Waals surface area contributed by atoms with Crippen LogP contribution in [0.15, 0.2) is 41.3 Å². The summed E-state index contributed by atoms with van der Waals surface area (Å²) in [6, 6.07) is 11.0. The molecule has 144 valence electrons. The lowest BCUT2D eigenvalue weighted by molar-refractivity contribution is 0.0943. The van der Waals surface area contributed by atoms with Crippen LogP contribution in [-0.4, -0.2) is 34.8 Å². The predicted molar refractivity (Wildman–Crippen MR) is 101 cm³/mol. The molecule has 0 bridgehead atoms. The maximum atomic E-state index is 12.9. The van der Waals surface area contributed by atoms with Crippen molar-refractivity contribution in [3.63, 3.8) is 0 Å². The van der Waals surface area contributed by atoms with Gasteiger partial charge in [-0.3, -0.25) is 0 Å². The first-order valence-corrected chi connectivity index (χ1v) is 10.6. The summed E-state index contributed by atoms with van der Waals surface area (Å²) in [6.07, 6.45) is 3.68. The van der Waals surface area contributed by atoms with E-state index in [0.717, 1.165) is 31.2 Å². The predicted octanol–water partition coefficient (Wildman–Crippen LogP) is 2.69. The first kappa shape index (κ1) is 18.1. The lowest BCUT2D eigenvalue weighted by Gasteiger charge is -2.26. The summed E-state index contributed by atoms with van der Waals surface area (Å²) in [4.78, 5) is 0.183. The number of sulfonamides is 1. The summed E-state index contributed by atoms with van der Waals surface area (Å²) in [7, 11) is -2.23. The zero-order valence-corrected chi connectivity index (χ0v) is 16.1. The van der Waals surface area contributed by atoms with Crippen LogP contribution in [0.25, 0.3) is 0 Å². The van der Waals surface area contributed by atoms with E-state index in [2.05, 4.69) is 4.72 Å². The molecule has 4 rings (SSSR count). The second-order valence-electron chi connectivity index (χ2n) is 6.83. The van der Waals surface area contributed by atoms with Crippen molar-refractivity contribution in [1.29, 1.82) is 0 Å². The minimum atomic E-state index is -3.72. The van der Waals surface area contributed by atoms with Gasteiger partial charge in [0.2, 0.25) is 10.0 Å². The molecule has 0 amide bonds. The molecule has 0 saturated heterocycles. The highest BCUT2D eigenvalue weighted by molar-refractivity contribution is 7.89. The number of aryl methyl sites for hydroxylation is 2. The van der Waals surface area contributed by atoms with Crippen molar-refractivity contribution in [2.45, 2.75) is 36.7 Å². The Morgan fingerprint density at radius 2 is 1.81 bits per heavy atom. The number of rotatable bonds is 5. The van der Waals surface area contributed by atoms with E-state index in [1.807, 2.05) is 30.3 Å². The summed E-state index contributed by atoms with van der Waals surface area (Å²) in [5.74, 6) is 1.68. The van der Waals surface area contributed by atoms with Gasteiger partial charge in [-0.2, -0.15) is 0 Å². The maximum absolute atomic E-state index is 12.9. The van der Waals surface area contributed by atoms with Gasteiger partial charge in [-0.25, -0.2) is 13.1 Å². The number of hydrogen-bond acceptors (Lipinski definition) is 5. The van der Waals surface area contributed by atoms with Crippen LogP contribution in [-0.2, 0) is 22.9 Å². The first-order valence-electron chi connectivity index (χ1n) is 9.15. The Morgan fingerprint density at radius 3 is 2.56 bits per heavy atom. The van der Waals surface area contributed by atoms with E-state index < -0.39 is 16.1 Å². The van der Waals surface area contributed by atoms with E-state index in [0.29, 0.717) is 23.9 Å². The summed E-state index contributed by atoms with van der Waals surface area (Å²) in [5.41, 5.74) is 2.27. The molecule has 1 N–H and O–H groups in total. The molecule has 27 heavy (non-hydrogen) atoms. The van der Waals surface area contributed by atoms with Crippen LogP contribution in [0.1, 0.15) is 24.0 Å². The molecule has 2 aromatic carbocycles. The van der Waals surface area contributed by atoms with Gasteiger partial charge in [0.25, 0.3) is 0 Å². The van der Waals surface area contributed by atoms with Crippen molar-refractivity contribution in [2.75, 3.05) is 20.3 Å². The first-order chi connectivity index (χ1) is 13.1. The fourth-order valence-corrected chi connectivity index (χ4v) is 4.82. The molecule has 1 atom stereocenters. The lowest BCUT2D eigenvalue weighted by Crippen LogP contribution is -2.40. The van der Waals surface area contributed by atoms with Crippen LogP contribution in [0.5, 0.6) is 17.2 Å². The Hall–Kier alpha value is -2.25. The molecule has 0 spiro atoms. The highest BCUT2D eigenvalue weighted by atomic mass is 32.2. The normalized spacial score (nSPS) is 18.6. The standard InChI is InChI=1S/C20H23NO5S/c1-24-19-10-14-6-2-3-7-15(14)11-20(19)27(22,23)21-12-16-13-25-17-8-4-5-9-18(17)26-16/h4-5,8-11,16,21H,2-3,6-7,12-13H2,1H3. The smallest absolute Gasteiger partial charge is 0.244 e. The maximum Gasteiger partial charge on any atom is 0.244 e. The Labute approximate surface area is 159 Å². The van der Waals surface area contributed by atoms with Crippen molar-refractivity contribution < 1.29 is 22.6 Å². The van der Waals surface area contributed by atoms with Gasteiger partial charge in [0.1, 0.15) is 23.4 Å². The largest absolute Gasteiger partial charge is 0.495 e. The van der Waals surface area contributed by atoms with E-state index in [9.17, 15) is 8.42 Å². The van der Waals surface area contributed by atoms with E-state index in [-0.39, 0.29) is 11.4 Å². The second kappa shape index (κ2) is 7.40. The van der Waals surface area contributed by atoms with Gasteiger partial charge in [-0.05, 0) is 61.1 Å². The third-order valence-corrected chi connectivity index (χ3v) is 6.43. The topological polar surface area (TPSA) is 73.9 Å². The van der Waals surface area contributed by atoms with Gasteiger partial charge in [-0.1, -0.05) is 12.1 Å². The SMILES string of the molecule is COc1cc2c(cc1S(=O)(=O)NCC1COc3ccccc3O1)CCCC2.